The molecule has 1 N–H and O–H groups in total. The molecule has 3 rings (SSSR count). The second-order valence-corrected chi connectivity index (χ2v) is 6.38. The standard InChI is InChI=1S/C21H23N3O2/c1-16(2)24(15-17-7-4-3-5-8-17)21(25)18-10-11-20(22-13-18)23-14-19-9-6-12-26-19/h3-13,16H,14-15H2,1-2H3,(H,22,23). The van der Waals surface area contributed by atoms with Crippen molar-refractivity contribution in [3.05, 3.63) is 83.9 Å². The van der Waals surface area contributed by atoms with Gasteiger partial charge in [-0.1, -0.05) is 30.3 Å². The van der Waals surface area contributed by atoms with Crippen molar-refractivity contribution < 1.29 is 9.21 Å². The van der Waals surface area contributed by atoms with Crippen LogP contribution in [0.4, 0.5) is 5.82 Å². The Bertz CT molecular complexity index is 812. The summed E-state index contributed by atoms with van der Waals surface area (Å²) in [7, 11) is 0. The lowest BCUT2D eigenvalue weighted by Gasteiger charge is -2.27. The average Bonchev–Trinajstić information content (AvgIpc) is 3.18. The number of amides is 1. The molecular formula is C21H23N3O2. The number of nitrogens with zero attached hydrogens (tertiary/aromatic N) is 2. The Morgan fingerprint density at radius 1 is 1.12 bits per heavy atom. The van der Waals surface area contributed by atoms with E-state index >= 15 is 0 Å². The molecule has 0 unspecified atom stereocenters. The Balaban J connectivity index is 1.66. The fourth-order valence-corrected chi connectivity index (χ4v) is 2.65. The van der Waals surface area contributed by atoms with Gasteiger partial charge in [0.1, 0.15) is 11.6 Å². The van der Waals surface area contributed by atoms with E-state index in [1.165, 1.54) is 0 Å². The second kappa shape index (κ2) is 8.34. The van der Waals surface area contributed by atoms with E-state index < -0.39 is 0 Å². The predicted molar refractivity (Wildman–Crippen MR) is 102 cm³/mol. The van der Waals surface area contributed by atoms with Crippen molar-refractivity contribution in [2.45, 2.75) is 33.0 Å². The van der Waals surface area contributed by atoms with Crippen LogP contribution in [0.2, 0.25) is 0 Å². The summed E-state index contributed by atoms with van der Waals surface area (Å²) in [4.78, 5) is 19.1. The molecule has 2 aromatic heterocycles. The number of hydrogen-bond acceptors (Lipinski definition) is 4. The first-order chi connectivity index (χ1) is 12.6. The third kappa shape index (κ3) is 4.51. The Kier molecular flexibility index (Phi) is 5.69. The van der Waals surface area contributed by atoms with Crippen LogP contribution in [-0.4, -0.2) is 21.8 Å². The molecule has 0 atom stereocenters. The van der Waals surface area contributed by atoms with Gasteiger partial charge in [-0.2, -0.15) is 0 Å². The Morgan fingerprint density at radius 3 is 2.54 bits per heavy atom. The van der Waals surface area contributed by atoms with E-state index in [1.807, 2.05) is 67.3 Å². The molecule has 0 bridgehead atoms. The average molecular weight is 349 g/mol. The van der Waals surface area contributed by atoms with Crippen LogP contribution in [0.1, 0.15) is 35.5 Å². The molecule has 1 aromatic carbocycles. The minimum atomic E-state index is -0.0195. The normalized spacial score (nSPS) is 10.7. The van der Waals surface area contributed by atoms with E-state index in [0.29, 0.717) is 24.5 Å². The van der Waals surface area contributed by atoms with Crippen molar-refractivity contribution in [2.75, 3.05) is 5.32 Å². The van der Waals surface area contributed by atoms with Crippen molar-refractivity contribution >= 4 is 11.7 Å². The van der Waals surface area contributed by atoms with Crippen LogP contribution in [0.25, 0.3) is 0 Å². The fraction of sp³-hybridized carbons (Fsp3) is 0.238. The second-order valence-electron chi connectivity index (χ2n) is 6.38. The van der Waals surface area contributed by atoms with Crippen LogP contribution in [0.3, 0.4) is 0 Å². The van der Waals surface area contributed by atoms with Gasteiger partial charge in [-0.15, -0.1) is 0 Å². The van der Waals surface area contributed by atoms with Crippen LogP contribution < -0.4 is 5.32 Å². The number of carbonyl (C=O) groups excluding carboxylic acids is 1. The Morgan fingerprint density at radius 2 is 1.92 bits per heavy atom. The first-order valence-corrected chi connectivity index (χ1v) is 8.70. The van der Waals surface area contributed by atoms with Gasteiger partial charge in [-0.25, -0.2) is 4.98 Å². The quantitative estimate of drug-likeness (QED) is 0.689. The number of nitrogens with one attached hydrogen (secondary N) is 1. The number of carbonyl (C=O) groups is 1. The highest BCUT2D eigenvalue weighted by molar-refractivity contribution is 5.94. The van der Waals surface area contributed by atoms with Crippen LogP contribution in [-0.2, 0) is 13.1 Å². The SMILES string of the molecule is CC(C)N(Cc1ccccc1)C(=O)c1ccc(NCc2ccco2)nc1. The maximum atomic E-state index is 12.9. The third-order valence-electron chi connectivity index (χ3n) is 4.11. The summed E-state index contributed by atoms with van der Waals surface area (Å²) in [6.07, 6.45) is 3.26. The van der Waals surface area contributed by atoms with E-state index in [2.05, 4.69) is 10.3 Å². The van der Waals surface area contributed by atoms with Crippen molar-refractivity contribution in [3.63, 3.8) is 0 Å². The van der Waals surface area contributed by atoms with Crippen molar-refractivity contribution in [2.24, 2.45) is 0 Å². The summed E-state index contributed by atoms with van der Waals surface area (Å²) >= 11 is 0. The topological polar surface area (TPSA) is 58.4 Å². The van der Waals surface area contributed by atoms with Crippen molar-refractivity contribution in [1.82, 2.24) is 9.88 Å². The molecule has 0 spiro atoms. The zero-order chi connectivity index (χ0) is 18.4. The van der Waals surface area contributed by atoms with Gasteiger partial charge in [0.2, 0.25) is 0 Å². The molecule has 1 amide bonds. The molecule has 0 aliphatic rings. The molecule has 5 heteroatoms. The fourth-order valence-electron chi connectivity index (χ4n) is 2.65. The highest BCUT2D eigenvalue weighted by Gasteiger charge is 2.19. The van der Waals surface area contributed by atoms with Crippen LogP contribution in [0.5, 0.6) is 0 Å². The minimum absolute atomic E-state index is 0.0195. The summed E-state index contributed by atoms with van der Waals surface area (Å²) in [6.45, 7) is 5.18. The summed E-state index contributed by atoms with van der Waals surface area (Å²) in [5, 5.41) is 3.18. The Hall–Kier alpha value is -3.08. The first-order valence-electron chi connectivity index (χ1n) is 8.70. The number of rotatable bonds is 7. The number of furan rings is 1. The van der Waals surface area contributed by atoms with Gasteiger partial charge in [0.05, 0.1) is 18.4 Å². The molecule has 134 valence electrons. The minimum Gasteiger partial charge on any atom is -0.467 e. The molecule has 0 aliphatic heterocycles. The lowest BCUT2D eigenvalue weighted by molar-refractivity contribution is 0.0690. The summed E-state index contributed by atoms with van der Waals surface area (Å²) in [5.74, 6) is 1.52. The molecule has 0 radical (unpaired) electrons. The molecule has 0 aliphatic carbocycles. The highest BCUT2D eigenvalue weighted by Crippen LogP contribution is 2.15. The molecule has 3 aromatic rings. The van der Waals surface area contributed by atoms with Gasteiger partial charge in [-0.3, -0.25) is 4.79 Å². The summed E-state index contributed by atoms with van der Waals surface area (Å²) < 4.78 is 5.28. The van der Waals surface area contributed by atoms with Crippen LogP contribution in [0, 0.1) is 0 Å². The zero-order valence-corrected chi connectivity index (χ0v) is 15.1. The third-order valence-corrected chi connectivity index (χ3v) is 4.11. The highest BCUT2D eigenvalue weighted by atomic mass is 16.3. The molecule has 0 fully saturated rings. The Labute approximate surface area is 153 Å². The van der Waals surface area contributed by atoms with Gasteiger partial charge in [0, 0.05) is 18.8 Å². The van der Waals surface area contributed by atoms with E-state index in [-0.39, 0.29) is 11.9 Å². The zero-order valence-electron chi connectivity index (χ0n) is 15.1. The van der Waals surface area contributed by atoms with Gasteiger partial charge in [0.15, 0.2) is 0 Å². The predicted octanol–water partition coefficient (Wildman–Crippen LogP) is 4.34. The molecule has 0 saturated heterocycles. The van der Waals surface area contributed by atoms with Gasteiger partial charge >= 0.3 is 0 Å². The molecule has 0 saturated carbocycles. The number of aromatic nitrogens is 1. The van der Waals surface area contributed by atoms with Crippen LogP contribution in [0.15, 0.2) is 71.5 Å². The number of anilines is 1. The van der Waals surface area contributed by atoms with Gasteiger partial charge < -0.3 is 14.6 Å². The lowest BCUT2D eigenvalue weighted by Crippen LogP contribution is -2.36. The maximum absolute atomic E-state index is 12.9. The monoisotopic (exact) mass is 349 g/mol. The molecular weight excluding hydrogens is 326 g/mol. The summed E-state index contributed by atoms with van der Waals surface area (Å²) in [6, 6.07) is 17.5. The van der Waals surface area contributed by atoms with Gasteiger partial charge in [0.25, 0.3) is 5.91 Å². The van der Waals surface area contributed by atoms with Gasteiger partial charge in [-0.05, 0) is 43.7 Å². The van der Waals surface area contributed by atoms with E-state index in [0.717, 1.165) is 11.3 Å². The number of pyridine rings is 1. The molecule has 2 heterocycles. The van der Waals surface area contributed by atoms with Crippen molar-refractivity contribution in [3.8, 4) is 0 Å². The summed E-state index contributed by atoms with van der Waals surface area (Å²) in [5.41, 5.74) is 1.69. The van der Waals surface area contributed by atoms with Crippen LogP contribution >= 0.6 is 0 Å². The molecule has 5 nitrogen and oxygen atoms in total. The maximum Gasteiger partial charge on any atom is 0.255 e. The first kappa shape index (κ1) is 17.7. The van der Waals surface area contributed by atoms with Crippen molar-refractivity contribution in [1.29, 1.82) is 0 Å². The molecule has 26 heavy (non-hydrogen) atoms. The lowest BCUT2D eigenvalue weighted by atomic mass is 10.1. The van der Waals surface area contributed by atoms with E-state index in [4.69, 9.17) is 4.42 Å². The number of benzene rings is 1. The number of hydrogen-bond donors (Lipinski definition) is 1. The van der Waals surface area contributed by atoms with E-state index in [9.17, 15) is 4.79 Å². The smallest absolute Gasteiger partial charge is 0.255 e. The largest absolute Gasteiger partial charge is 0.467 e. The van der Waals surface area contributed by atoms with E-state index in [1.54, 1.807) is 18.5 Å².